The van der Waals surface area contributed by atoms with Gasteiger partial charge < -0.3 is 19.9 Å². The van der Waals surface area contributed by atoms with Gasteiger partial charge in [0.05, 0.1) is 7.11 Å². The van der Waals surface area contributed by atoms with E-state index in [4.69, 9.17) is 9.47 Å². The highest BCUT2D eigenvalue weighted by molar-refractivity contribution is 5.93. The Morgan fingerprint density at radius 2 is 1.97 bits per heavy atom. The second-order valence-electron chi connectivity index (χ2n) is 6.68. The van der Waals surface area contributed by atoms with Crippen LogP contribution >= 0.6 is 0 Å². The molecule has 2 N–H and O–H groups in total. The average Bonchev–Trinajstić information content (AvgIpc) is 2.77. The van der Waals surface area contributed by atoms with Crippen molar-refractivity contribution < 1.29 is 24.2 Å². The molecule has 0 aliphatic heterocycles. The summed E-state index contributed by atoms with van der Waals surface area (Å²) in [5.74, 6) is -0.948. The Morgan fingerprint density at radius 1 is 1.17 bits per heavy atom. The lowest BCUT2D eigenvalue weighted by Gasteiger charge is -2.17. The molecule has 1 amide bonds. The molecule has 1 aliphatic rings. The van der Waals surface area contributed by atoms with Gasteiger partial charge in [0.1, 0.15) is 12.5 Å². The number of hydrogen-bond donors (Lipinski definition) is 2. The van der Waals surface area contributed by atoms with Gasteiger partial charge in [-0.2, -0.15) is 0 Å². The minimum absolute atomic E-state index is 0.354. The van der Waals surface area contributed by atoms with Crippen LogP contribution in [-0.2, 0) is 16.2 Å². The first-order chi connectivity index (χ1) is 14.6. The van der Waals surface area contributed by atoms with Gasteiger partial charge in [0.2, 0.25) is 5.91 Å². The van der Waals surface area contributed by atoms with Crippen molar-refractivity contribution in [1.29, 1.82) is 0 Å². The number of hydrogen-bond acceptors (Lipinski definition) is 4. The van der Waals surface area contributed by atoms with Crippen LogP contribution < -0.4 is 14.8 Å². The predicted octanol–water partition coefficient (Wildman–Crippen LogP) is 3.95. The van der Waals surface area contributed by atoms with E-state index in [2.05, 4.69) is 5.32 Å². The summed E-state index contributed by atoms with van der Waals surface area (Å²) >= 11 is 0. The molecule has 1 aliphatic carbocycles. The summed E-state index contributed by atoms with van der Waals surface area (Å²) in [7, 11) is 1.56. The van der Waals surface area contributed by atoms with Gasteiger partial charge in [-0.15, -0.1) is 0 Å². The van der Waals surface area contributed by atoms with Gasteiger partial charge in [-0.25, -0.2) is 0 Å². The van der Waals surface area contributed by atoms with E-state index < -0.39 is 17.8 Å². The van der Waals surface area contributed by atoms with Crippen LogP contribution in [-0.4, -0.2) is 24.1 Å². The second kappa shape index (κ2) is 10.1. The third-order valence-electron chi connectivity index (χ3n) is 4.58. The lowest BCUT2D eigenvalue weighted by atomic mass is 9.97. The lowest BCUT2D eigenvalue weighted by molar-refractivity contribution is -0.140. The van der Waals surface area contributed by atoms with Gasteiger partial charge in [-0.1, -0.05) is 48.6 Å². The average molecular weight is 405 g/mol. The van der Waals surface area contributed by atoms with Crippen molar-refractivity contribution in [3.05, 3.63) is 89.7 Å². The Morgan fingerprint density at radius 3 is 2.70 bits per heavy atom. The van der Waals surface area contributed by atoms with Crippen molar-refractivity contribution in [2.75, 3.05) is 7.11 Å². The Bertz CT molecular complexity index is 992. The Labute approximate surface area is 175 Å². The van der Waals surface area contributed by atoms with E-state index in [-0.39, 0.29) is 0 Å². The van der Waals surface area contributed by atoms with Crippen LogP contribution in [0.4, 0.5) is 0 Å². The van der Waals surface area contributed by atoms with Crippen molar-refractivity contribution in [3.8, 4) is 11.5 Å². The number of allylic oxidation sites excluding steroid dienone is 3. The van der Waals surface area contributed by atoms with E-state index in [9.17, 15) is 14.7 Å². The van der Waals surface area contributed by atoms with Crippen LogP contribution in [0, 0.1) is 5.92 Å². The van der Waals surface area contributed by atoms with E-state index in [1.807, 2.05) is 36.4 Å². The zero-order valence-electron chi connectivity index (χ0n) is 16.6. The topological polar surface area (TPSA) is 84.9 Å². The molecule has 0 aromatic heterocycles. The number of carboxylic acid groups (broad SMARTS) is 1. The summed E-state index contributed by atoms with van der Waals surface area (Å²) in [6.45, 7) is 0.420. The highest BCUT2D eigenvalue weighted by Gasteiger charge is 2.23. The first-order valence-electron chi connectivity index (χ1n) is 9.50. The largest absolute Gasteiger partial charge is 0.493 e. The number of carbonyl (C=O) groups excluding carboxylic acids is 1. The third-order valence-corrected chi connectivity index (χ3v) is 4.58. The fraction of sp³-hybridized carbons (Fsp3) is 0.167. The number of carbonyl (C=O) groups is 2. The van der Waals surface area contributed by atoms with E-state index in [0.29, 0.717) is 30.2 Å². The van der Waals surface area contributed by atoms with Crippen LogP contribution in [0.5, 0.6) is 11.5 Å². The first kappa shape index (κ1) is 20.9. The Balaban J connectivity index is 1.63. The molecule has 6 heteroatoms. The summed E-state index contributed by atoms with van der Waals surface area (Å²) in [6.07, 6.45) is 8.45. The molecular formula is C24H23NO5. The molecule has 154 valence electrons. The minimum atomic E-state index is -0.967. The standard InChI is InChI=1S/C24H23NO5/c1-29-22-15-17(11-13-21(22)30-16-18-7-3-2-4-8-18)12-14-23(26)25-20-10-6-5-9-19(20)24(27)28/h2-8,10-15,19H,9,16H2,1H3,(H,25,26)(H,27,28)/b14-12+. The Kier molecular flexibility index (Phi) is 7.05. The van der Waals surface area contributed by atoms with Gasteiger partial charge in [0.25, 0.3) is 0 Å². The summed E-state index contributed by atoms with van der Waals surface area (Å²) in [5, 5.41) is 11.9. The van der Waals surface area contributed by atoms with Crippen LogP contribution in [0.15, 0.2) is 78.5 Å². The molecule has 0 radical (unpaired) electrons. The molecule has 3 rings (SSSR count). The van der Waals surface area contributed by atoms with Gasteiger partial charge >= 0.3 is 5.97 Å². The molecular weight excluding hydrogens is 382 g/mol. The number of carboxylic acids is 1. The highest BCUT2D eigenvalue weighted by atomic mass is 16.5. The van der Waals surface area contributed by atoms with E-state index in [1.54, 1.807) is 43.5 Å². The van der Waals surface area contributed by atoms with Gasteiger partial charge in [0, 0.05) is 11.8 Å². The van der Waals surface area contributed by atoms with Crippen LogP contribution in [0.1, 0.15) is 17.5 Å². The smallest absolute Gasteiger partial charge is 0.312 e. The first-order valence-corrected chi connectivity index (χ1v) is 9.50. The molecule has 0 bridgehead atoms. The number of aliphatic carboxylic acids is 1. The minimum Gasteiger partial charge on any atom is -0.493 e. The maximum atomic E-state index is 12.2. The Hall–Kier alpha value is -3.80. The van der Waals surface area contributed by atoms with E-state index in [1.165, 1.54) is 6.08 Å². The summed E-state index contributed by atoms with van der Waals surface area (Å²) < 4.78 is 11.2. The molecule has 2 aromatic carbocycles. The van der Waals surface area contributed by atoms with Crippen molar-refractivity contribution in [2.45, 2.75) is 13.0 Å². The number of nitrogens with one attached hydrogen (secondary N) is 1. The predicted molar refractivity (Wildman–Crippen MR) is 114 cm³/mol. The molecule has 6 nitrogen and oxygen atoms in total. The van der Waals surface area contributed by atoms with Crippen LogP contribution in [0.25, 0.3) is 6.08 Å². The SMILES string of the molecule is COc1cc(/C=C/C(=O)NC2=CC=CCC2C(=O)O)ccc1OCc1ccccc1. The fourth-order valence-electron chi connectivity index (χ4n) is 2.99. The summed E-state index contributed by atoms with van der Waals surface area (Å²) in [6, 6.07) is 15.2. The van der Waals surface area contributed by atoms with Crippen molar-refractivity contribution in [1.82, 2.24) is 5.32 Å². The highest BCUT2D eigenvalue weighted by Crippen LogP contribution is 2.29. The molecule has 0 spiro atoms. The number of benzene rings is 2. The summed E-state index contributed by atoms with van der Waals surface area (Å²) in [5.41, 5.74) is 2.18. The van der Waals surface area contributed by atoms with E-state index >= 15 is 0 Å². The van der Waals surface area contributed by atoms with Gasteiger partial charge in [-0.05, 0) is 41.8 Å². The molecule has 0 heterocycles. The molecule has 0 saturated heterocycles. The van der Waals surface area contributed by atoms with Gasteiger partial charge in [-0.3, -0.25) is 9.59 Å². The molecule has 0 saturated carbocycles. The van der Waals surface area contributed by atoms with Crippen LogP contribution in [0.2, 0.25) is 0 Å². The number of ether oxygens (including phenoxy) is 2. The van der Waals surface area contributed by atoms with Gasteiger partial charge in [0.15, 0.2) is 11.5 Å². The van der Waals surface area contributed by atoms with Crippen LogP contribution in [0.3, 0.4) is 0 Å². The fourth-order valence-corrected chi connectivity index (χ4v) is 2.99. The molecule has 1 atom stereocenters. The monoisotopic (exact) mass is 405 g/mol. The molecule has 30 heavy (non-hydrogen) atoms. The second-order valence-corrected chi connectivity index (χ2v) is 6.68. The molecule has 0 fully saturated rings. The number of amides is 1. The molecule has 1 unspecified atom stereocenters. The third kappa shape index (κ3) is 5.61. The maximum Gasteiger partial charge on any atom is 0.312 e. The van der Waals surface area contributed by atoms with Crippen molar-refractivity contribution in [2.24, 2.45) is 5.92 Å². The number of rotatable bonds is 8. The summed E-state index contributed by atoms with van der Waals surface area (Å²) in [4.78, 5) is 23.5. The zero-order chi connectivity index (χ0) is 21.3. The molecule has 2 aromatic rings. The lowest BCUT2D eigenvalue weighted by Crippen LogP contribution is -2.30. The number of methoxy groups -OCH3 is 1. The normalized spacial score (nSPS) is 15.5. The quantitative estimate of drug-likeness (QED) is 0.650. The van der Waals surface area contributed by atoms with Crippen molar-refractivity contribution >= 4 is 18.0 Å². The zero-order valence-corrected chi connectivity index (χ0v) is 16.6. The maximum absolute atomic E-state index is 12.2. The van der Waals surface area contributed by atoms with Crippen molar-refractivity contribution in [3.63, 3.8) is 0 Å². The van der Waals surface area contributed by atoms with E-state index in [0.717, 1.165) is 11.1 Å².